The quantitative estimate of drug-likeness (QED) is 0.767. The molecule has 2 fully saturated rings. The third kappa shape index (κ3) is 4.22. The number of alkyl halides is 3. The fraction of sp³-hybridized carbons (Fsp3) is 0.667. The van der Waals surface area contributed by atoms with Crippen LogP contribution in [0.3, 0.4) is 0 Å². The van der Waals surface area contributed by atoms with E-state index in [0.717, 1.165) is 60.2 Å². The number of aromatic nitrogens is 3. The number of fused-ring (bicyclic) bond motifs is 1. The molecule has 10 heteroatoms. The normalized spacial score (nSPS) is 22.0. The van der Waals surface area contributed by atoms with Gasteiger partial charge < -0.3 is 14.9 Å². The van der Waals surface area contributed by atoms with Crippen molar-refractivity contribution in [3.63, 3.8) is 0 Å². The van der Waals surface area contributed by atoms with Crippen LogP contribution in [0.5, 0.6) is 0 Å². The molecule has 1 spiro atoms. The van der Waals surface area contributed by atoms with Gasteiger partial charge in [-0.1, -0.05) is 11.6 Å². The van der Waals surface area contributed by atoms with E-state index in [2.05, 4.69) is 20.6 Å². The van der Waals surface area contributed by atoms with Crippen LogP contribution in [0.15, 0.2) is 17.5 Å². The van der Waals surface area contributed by atoms with Crippen LogP contribution in [0, 0.1) is 0 Å². The fourth-order valence-electron chi connectivity index (χ4n) is 4.86. The van der Waals surface area contributed by atoms with Crippen LogP contribution < -0.4 is 5.32 Å². The second kappa shape index (κ2) is 7.96. The van der Waals surface area contributed by atoms with Gasteiger partial charge in [-0.25, -0.2) is 9.67 Å². The van der Waals surface area contributed by atoms with Crippen LogP contribution in [-0.2, 0) is 16.1 Å². The van der Waals surface area contributed by atoms with Crippen LogP contribution in [0.4, 0.5) is 18.9 Å². The van der Waals surface area contributed by atoms with E-state index in [9.17, 15) is 13.2 Å². The summed E-state index contributed by atoms with van der Waals surface area (Å²) in [7, 11) is 0. The molecule has 0 bridgehead atoms. The van der Waals surface area contributed by atoms with Gasteiger partial charge in [-0.05, 0) is 38.5 Å². The molecule has 0 aromatic carbocycles. The van der Waals surface area contributed by atoms with E-state index in [0.29, 0.717) is 25.0 Å². The molecule has 1 aliphatic carbocycles. The smallest absolute Gasteiger partial charge is 0.389 e. The Morgan fingerprint density at radius 3 is 2.65 bits per heavy atom. The van der Waals surface area contributed by atoms with Gasteiger partial charge in [0.25, 0.3) is 0 Å². The largest absolute Gasteiger partial charge is 0.408 e. The Labute approximate surface area is 178 Å². The zero-order chi connectivity index (χ0) is 21.5. The second-order valence-corrected chi connectivity index (χ2v) is 8.78. The summed E-state index contributed by atoms with van der Waals surface area (Å²) in [6.45, 7) is 0.135. The Morgan fingerprint density at radius 1 is 1.13 bits per heavy atom. The van der Waals surface area contributed by atoms with Crippen molar-refractivity contribution in [1.29, 1.82) is 0 Å². The number of oxime groups is 1. The molecule has 3 aliphatic rings. The summed E-state index contributed by atoms with van der Waals surface area (Å²) in [5, 5.41) is 12.5. The molecule has 2 aromatic rings. The summed E-state index contributed by atoms with van der Waals surface area (Å²) in [5.41, 5.74) is 2.28. The Bertz CT molecular complexity index is 975. The number of halogens is 3. The number of nitrogens with zero attached hydrogens (tertiary/aromatic N) is 4. The number of ether oxygens (including phenoxy) is 1. The molecule has 5 rings (SSSR count). The van der Waals surface area contributed by atoms with Gasteiger partial charge in [-0.15, -0.1) is 0 Å². The highest BCUT2D eigenvalue weighted by atomic mass is 19.4. The average molecular weight is 437 g/mol. The van der Waals surface area contributed by atoms with E-state index in [-0.39, 0.29) is 17.3 Å². The van der Waals surface area contributed by atoms with E-state index < -0.39 is 12.7 Å². The van der Waals surface area contributed by atoms with E-state index >= 15 is 0 Å². The average Bonchev–Trinajstić information content (AvgIpc) is 3.33. The van der Waals surface area contributed by atoms with Gasteiger partial charge in [-0.3, -0.25) is 0 Å². The van der Waals surface area contributed by atoms with Crippen molar-refractivity contribution in [2.75, 3.05) is 18.5 Å². The predicted molar refractivity (Wildman–Crippen MR) is 109 cm³/mol. The number of anilines is 1. The highest BCUT2D eigenvalue weighted by Gasteiger charge is 2.41. The molecule has 0 unspecified atom stereocenters. The molecular weight excluding hydrogens is 411 g/mol. The number of rotatable bonds is 4. The number of hydrogen-bond donors (Lipinski definition) is 1. The molecule has 0 atom stereocenters. The Balaban J connectivity index is 1.51. The Hall–Kier alpha value is -2.36. The number of pyridine rings is 1. The minimum Gasteiger partial charge on any atom is -0.389 e. The molecule has 1 saturated carbocycles. The molecule has 4 heterocycles. The van der Waals surface area contributed by atoms with Crippen molar-refractivity contribution < 1.29 is 22.7 Å². The van der Waals surface area contributed by atoms with Crippen molar-refractivity contribution in [3.05, 3.63) is 18.0 Å². The monoisotopic (exact) mass is 437 g/mol. The summed E-state index contributed by atoms with van der Waals surface area (Å²) >= 11 is 0. The summed E-state index contributed by atoms with van der Waals surface area (Å²) in [4.78, 5) is 10.3. The summed E-state index contributed by atoms with van der Waals surface area (Å²) in [5.74, 6) is 0. The second-order valence-electron chi connectivity index (χ2n) is 8.78. The molecule has 0 amide bonds. The Morgan fingerprint density at radius 2 is 1.90 bits per heavy atom. The molecule has 1 N–H and O–H groups in total. The summed E-state index contributed by atoms with van der Waals surface area (Å²) in [6, 6.07) is 0.163. The standard InChI is InChI=1S/C21H26F3N5O2/c22-21(23,24)13-29-19-16(12-26-29)18(27-14-4-8-30-9-5-14)15(11-25-19)17-10-20(31-28-17)6-2-1-3-7-20/h11-12,14H,1-10,13H2,(H,25,27). The van der Waals surface area contributed by atoms with Crippen molar-refractivity contribution >= 4 is 22.4 Å². The van der Waals surface area contributed by atoms with Gasteiger partial charge in [-0.2, -0.15) is 18.3 Å². The van der Waals surface area contributed by atoms with Crippen molar-refractivity contribution in [2.45, 2.75) is 75.7 Å². The van der Waals surface area contributed by atoms with E-state index in [1.54, 1.807) is 6.20 Å². The number of hydrogen-bond acceptors (Lipinski definition) is 6. The lowest BCUT2D eigenvalue weighted by Crippen LogP contribution is -2.32. The zero-order valence-corrected chi connectivity index (χ0v) is 17.2. The van der Waals surface area contributed by atoms with Crippen molar-refractivity contribution in [3.8, 4) is 0 Å². The maximum atomic E-state index is 13.0. The van der Waals surface area contributed by atoms with Gasteiger partial charge in [0, 0.05) is 37.4 Å². The lowest BCUT2D eigenvalue weighted by molar-refractivity contribution is -0.141. The molecular formula is C21H26F3N5O2. The van der Waals surface area contributed by atoms with Gasteiger partial charge in [0.2, 0.25) is 0 Å². The molecule has 7 nitrogen and oxygen atoms in total. The minimum atomic E-state index is -4.37. The molecule has 0 radical (unpaired) electrons. The van der Waals surface area contributed by atoms with Crippen LogP contribution in [-0.4, -0.2) is 51.5 Å². The maximum Gasteiger partial charge on any atom is 0.408 e. The molecule has 2 aromatic heterocycles. The van der Waals surface area contributed by atoms with Crippen molar-refractivity contribution in [2.24, 2.45) is 5.16 Å². The predicted octanol–water partition coefficient (Wildman–Crippen LogP) is 4.41. The zero-order valence-electron chi connectivity index (χ0n) is 17.2. The lowest BCUT2D eigenvalue weighted by atomic mass is 9.81. The third-order valence-corrected chi connectivity index (χ3v) is 6.48. The molecule has 2 aliphatic heterocycles. The van der Waals surface area contributed by atoms with Gasteiger partial charge in [0.05, 0.1) is 23.0 Å². The molecule has 168 valence electrons. The molecule has 1 saturated heterocycles. The van der Waals surface area contributed by atoms with Gasteiger partial charge in [0.15, 0.2) is 5.65 Å². The lowest BCUT2D eigenvalue weighted by Gasteiger charge is -2.30. The van der Waals surface area contributed by atoms with E-state index in [4.69, 9.17) is 9.57 Å². The highest BCUT2D eigenvalue weighted by molar-refractivity contribution is 6.10. The van der Waals surface area contributed by atoms with Crippen molar-refractivity contribution in [1.82, 2.24) is 14.8 Å². The molecule has 31 heavy (non-hydrogen) atoms. The van der Waals surface area contributed by atoms with E-state index in [1.165, 1.54) is 12.6 Å². The maximum absolute atomic E-state index is 13.0. The fourth-order valence-corrected chi connectivity index (χ4v) is 4.86. The highest BCUT2D eigenvalue weighted by Crippen LogP contribution is 2.41. The van der Waals surface area contributed by atoms with Gasteiger partial charge in [0.1, 0.15) is 12.1 Å². The van der Waals surface area contributed by atoms with Crippen LogP contribution in [0.25, 0.3) is 11.0 Å². The van der Waals surface area contributed by atoms with Gasteiger partial charge >= 0.3 is 6.18 Å². The SMILES string of the molecule is FC(F)(F)Cn1ncc2c(NC3CCOCC3)c(C3=NOC4(CCCCC4)C3)cnc21. The first-order chi connectivity index (χ1) is 14.9. The Kier molecular flexibility index (Phi) is 5.27. The topological polar surface area (TPSA) is 73.6 Å². The number of nitrogens with one attached hydrogen (secondary N) is 1. The first-order valence-electron chi connectivity index (χ1n) is 10.9. The van der Waals surface area contributed by atoms with E-state index in [1.807, 2.05) is 0 Å². The third-order valence-electron chi connectivity index (χ3n) is 6.48. The first kappa shape index (κ1) is 20.5. The van der Waals surface area contributed by atoms with Crippen LogP contribution >= 0.6 is 0 Å². The summed E-state index contributed by atoms with van der Waals surface area (Å²) in [6.07, 6.45) is 6.46. The van der Waals surface area contributed by atoms with Crippen LogP contribution in [0.1, 0.15) is 56.9 Å². The van der Waals surface area contributed by atoms with Crippen LogP contribution in [0.2, 0.25) is 0 Å². The first-order valence-corrected chi connectivity index (χ1v) is 10.9. The minimum absolute atomic E-state index is 0.163. The summed E-state index contributed by atoms with van der Waals surface area (Å²) < 4.78 is 45.3.